The summed E-state index contributed by atoms with van der Waals surface area (Å²) in [5.41, 5.74) is 1.81. The largest absolute Gasteiger partial charge is 0.449 e. The van der Waals surface area contributed by atoms with Gasteiger partial charge < -0.3 is 4.12 Å². The summed E-state index contributed by atoms with van der Waals surface area (Å²) < 4.78 is 6.74. The molecule has 0 bridgehead atoms. The lowest BCUT2D eigenvalue weighted by atomic mass is 10.2. The van der Waals surface area contributed by atoms with Gasteiger partial charge in [0.15, 0.2) is 0 Å². The van der Waals surface area contributed by atoms with E-state index in [2.05, 4.69) is 62.3 Å². The molecule has 23 heavy (non-hydrogen) atoms. The quantitative estimate of drug-likeness (QED) is 0.616. The second kappa shape index (κ2) is 6.60. The molecule has 0 aliphatic carbocycles. The summed E-state index contributed by atoms with van der Waals surface area (Å²) in [4.78, 5) is 0. The standard InChI is InChI=1S/C20H22OSi2/c1-7-17-11-9-13-19(15-17)22(3,4)21-23(5,6)20-14-10-12-18(8-2)16-20/h1-2,9-16H,3-6H3. The van der Waals surface area contributed by atoms with Gasteiger partial charge in [-0.1, -0.05) is 36.1 Å². The molecule has 2 aromatic rings. The second-order valence-corrected chi connectivity index (χ2v) is 14.6. The Balaban J connectivity index is 2.34. The second-order valence-electron chi connectivity index (χ2n) is 6.57. The van der Waals surface area contributed by atoms with Crippen molar-refractivity contribution in [1.29, 1.82) is 0 Å². The van der Waals surface area contributed by atoms with Crippen molar-refractivity contribution in [2.24, 2.45) is 0 Å². The number of benzene rings is 2. The van der Waals surface area contributed by atoms with E-state index in [9.17, 15) is 0 Å². The molecule has 1 nitrogen and oxygen atoms in total. The molecule has 0 spiro atoms. The van der Waals surface area contributed by atoms with Crippen LogP contribution >= 0.6 is 0 Å². The SMILES string of the molecule is C#Cc1cccc([Si](C)(C)O[Si](C)(C)c2cccc(C#C)c2)c1. The van der Waals surface area contributed by atoms with Crippen LogP contribution < -0.4 is 10.4 Å². The molecule has 0 radical (unpaired) electrons. The highest BCUT2D eigenvalue weighted by Gasteiger charge is 2.36. The molecule has 0 unspecified atom stereocenters. The predicted molar refractivity (Wildman–Crippen MR) is 104 cm³/mol. The summed E-state index contributed by atoms with van der Waals surface area (Å²) in [6.45, 7) is 8.90. The van der Waals surface area contributed by atoms with E-state index in [1.165, 1.54) is 10.4 Å². The van der Waals surface area contributed by atoms with E-state index in [0.29, 0.717) is 0 Å². The van der Waals surface area contributed by atoms with Gasteiger partial charge in [-0.3, -0.25) is 0 Å². The molecule has 2 rings (SSSR count). The molecule has 0 saturated carbocycles. The average Bonchev–Trinajstić information content (AvgIpc) is 2.54. The fourth-order valence-corrected chi connectivity index (χ4v) is 10.8. The van der Waals surface area contributed by atoms with Crippen LogP contribution in [0.1, 0.15) is 11.1 Å². The highest BCUT2D eigenvalue weighted by molar-refractivity contribution is 6.96. The van der Waals surface area contributed by atoms with Crippen LogP contribution in [0.4, 0.5) is 0 Å². The van der Waals surface area contributed by atoms with E-state index >= 15 is 0 Å². The molecule has 0 saturated heterocycles. The van der Waals surface area contributed by atoms with E-state index in [-0.39, 0.29) is 0 Å². The fraction of sp³-hybridized carbons (Fsp3) is 0.200. The predicted octanol–water partition coefficient (Wildman–Crippen LogP) is 3.19. The maximum atomic E-state index is 6.74. The van der Waals surface area contributed by atoms with Crippen LogP contribution in [0.15, 0.2) is 48.5 Å². The average molecular weight is 335 g/mol. The van der Waals surface area contributed by atoms with Gasteiger partial charge in [-0.15, -0.1) is 12.8 Å². The molecule has 0 atom stereocenters. The van der Waals surface area contributed by atoms with Crippen molar-refractivity contribution in [1.82, 2.24) is 0 Å². The van der Waals surface area contributed by atoms with Crippen LogP contribution in [0.2, 0.25) is 26.2 Å². The van der Waals surface area contributed by atoms with Crippen LogP contribution in [0.5, 0.6) is 0 Å². The normalized spacial score (nSPS) is 11.6. The first-order chi connectivity index (χ1) is 10.8. The summed E-state index contributed by atoms with van der Waals surface area (Å²) in [6.07, 6.45) is 11.1. The molecule has 0 N–H and O–H groups in total. The Morgan fingerprint density at radius 1 is 0.739 bits per heavy atom. The molecule has 0 aromatic heterocycles. The number of terminal acetylenes is 2. The molecule has 2 aromatic carbocycles. The van der Waals surface area contributed by atoms with Crippen LogP contribution in [0.3, 0.4) is 0 Å². The van der Waals surface area contributed by atoms with Crippen molar-refractivity contribution in [3.05, 3.63) is 59.7 Å². The lowest BCUT2D eigenvalue weighted by Crippen LogP contribution is -2.57. The zero-order valence-corrected chi connectivity index (χ0v) is 16.2. The maximum Gasteiger partial charge on any atom is 0.206 e. The zero-order chi connectivity index (χ0) is 17.1. The van der Waals surface area contributed by atoms with Crippen molar-refractivity contribution >= 4 is 27.0 Å². The molecule has 3 heteroatoms. The Labute approximate surface area is 142 Å². The zero-order valence-electron chi connectivity index (χ0n) is 14.2. The van der Waals surface area contributed by atoms with E-state index in [1.54, 1.807) is 0 Å². The maximum absolute atomic E-state index is 6.74. The van der Waals surface area contributed by atoms with E-state index in [4.69, 9.17) is 17.0 Å². The lowest BCUT2D eigenvalue weighted by molar-refractivity contribution is 0.573. The van der Waals surface area contributed by atoms with Crippen molar-refractivity contribution in [3.8, 4) is 24.7 Å². The third kappa shape index (κ3) is 4.03. The van der Waals surface area contributed by atoms with Crippen LogP contribution in [0, 0.1) is 24.7 Å². The van der Waals surface area contributed by atoms with Gasteiger partial charge in [0.1, 0.15) is 0 Å². The third-order valence-electron chi connectivity index (χ3n) is 3.96. The summed E-state index contributed by atoms with van der Waals surface area (Å²) in [5, 5.41) is 2.45. The Morgan fingerprint density at radius 3 is 1.48 bits per heavy atom. The molecular weight excluding hydrogens is 312 g/mol. The Morgan fingerprint density at radius 2 is 1.13 bits per heavy atom. The van der Waals surface area contributed by atoms with Crippen molar-refractivity contribution in [2.45, 2.75) is 26.2 Å². The van der Waals surface area contributed by atoms with Gasteiger partial charge in [-0.25, -0.2) is 0 Å². The summed E-state index contributed by atoms with van der Waals surface area (Å²) in [7, 11) is -4.12. The third-order valence-corrected chi connectivity index (χ3v) is 11.4. The first-order valence-corrected chi connectivity index (χ1v) is 13.4. The highest BCUT2D eigenvalue weighted by atomic mass is 28.4. The molecule has 0 fully saturated rings. The van der Waals surface area contributed by atoms with Gasteiger partial charge >= 0.3 is 0 Å². The minimum absolute atomic E-state index is 0.903. The van der Waals surface area contributed by atoms with Crippen molar-refractivity contribution < 1.29 is 4.12 Å². The molecule has 0 aliphatic heterocycles. The molecule has 0 heterocycles. The summed E-state index contributed by atoms with van der Waals surface area (Å²) in [6, 6.07) is 16.3. The van der Waals surface area contributed by atoms with Crippen molar-refractivity contribution in [3.63, 3.8) is 0 Å². The van der Waals surface area contributed by atoms with Gasteiger partial charge in [0.2, 0.25) is 16.6 Å². The van der Waals surface area contributed by atoms with E-state index in [0.717, 1.165) is 11.1 Å². The summed E-state index contributed by atoms with van der Waals surface area (Å²) >= 11 is 0. The molecule has 0 aliphatic rings. The van der Waals surface area contributed by atoms with Gasteiger partial charge in [0.05, 0.1) is 0 Å². The van der Waals surface area contributed by atoms with E-state index in [1.807, 2.05) is 24.3 Å². The number of hydrogen-bond acceptors (Lipinski definition) is 1. The lowest BCUT2D eigenvalue weighted by Gasteiger charge is -2.34. The smallest absolute Gasteiger partial charge is 0.206 e. The van der Waals surface area contributed by atoms with Gasteiger partial charge in [0, 0.05) is 11.1 Å². The molecule has 0 amide bonds. The molecule has 116 valence electrons. The first-order valence-electron chi connectivity index (χ1n) is 7.63. The van der Waals surface area contributed by atoms with Gasteiger partial charge in [-0.05, 0) is 60.8 Å². The number of hydrogen-bond donors (Lipinski definition) is 0. The topological polar surface area (TPSA) is 9.23 Å². The van der Waals surface area contributed by atoms with Crippen LogP contribution in [-0.2, 0) is 4.12 Å². The monoisotopic (exact) mass is 334 g/mol. The Hall–Kier alpha value is -2.05. The van der Waals surface area contributed by atoms with Crippen LogP contribution in [-0.4, -0.2) is 16.6 Å². The Bertz CT molecular complexity index is 724. The van der Waals surface area contributed by atoms with Gasteiger partial charge in [0.25, 0.3) is 0 Å². The van der Waals surface area contributed by atoms with E-state index < -0.39 is 16.6 Å². The number of rotatable bonds is 4. The van der Waals surface area contributed by atoms with Gasteiger partial charge in [-0.2, -0.15) is 0 Å². The van der Waals surface area contributed by atoms with Crippen LogP contribution in [0.25, 0.3) is 0 Å². The Kier molecular flexibility index (Phi) is 4.97. The molecular formula is C20H22OSi2. The van der Waals surface area contributed by atoms with Crippen molar-refractivity contribution in [2.75, 3.05) is 0 Å². The minimum Gasteiger partial charge on any atom is -0.449 e. The minimum atomic E-state index is -2.06. The fourth-order valence-electron chi connectivity index (χ4n) is 2.72. The summed E-state index contributed by atoms with van der Waals surface area (Å²) in [5.74, 6) is 5.41. The highest BCUT2D eigenvalue weighted by Crippen LogP contribution is 2.16. The first kappa shape index (κ1) is 17.3.